The van der Waals surface area contributed by atoms with E-state index in [1.807, 2.05) is 25.3 Å². The van der Waals surface area contributed by atoms with Crippen LogP contribution in [0.5, 0.6) is 0 Å². The molecule has 0 radical (unpaired) electrons. The maximum absolute atomic E-state index is 8.81. The van der Waals surface area contributed by atoms with Crippen LogP contribution >= 0.6 is 23.2 Å². The van der Waals surface area contributed by atoms with Crippen molar-refractivity contribution in [2.75, 3.05) is 13.6 Å². The predicted molar refractivity (Wildman–Crippen MR) is 116 cm³/mol. The summed E-state index contributed by atoms with van der Waals surface area (Å²) in [4.78, 5) is 12.3. The quantitative estimate of drug-likeness (QED) is 0.356. The Labute approximate surface area is 170 Å². The number of nitrogens with one attached hydrogen (secondary N) is 3. The molecule has 0 aliphatic carbocycles. The summed E-state index contributed by atoms with van der Waals surface area (Å²) >= 11 is 11.1. The number of aromatic nitrogens is 1. The van der Waals surface area contributed by atoms with E-state index in [1.165, 1.54) is 29.2 Å². The zero-order valence-electron chi connectivity index (χ0n) is 15.9. The van der Waals surface area contributed by atoms with Crippen LogP contribution in [-0.2, 0) is 13.0 Å². The van der Waals surface area contributed by atoms with Crippen molar-refractivity contribution in [1.82, 2.24) is 15.7 Å². The topological polar surface area (TPSA) is 69.3 Å². The minimum atomic E-state index is 0.678. The van der Waals surface area contributed by atoms with Crippen LogP contribution in [0.25, 0.3) is 10.9 Å². The minimum absolute atomic E-state index is 0.678. The Bertz CT molecular complexity index is 803. The second-order valence-electron chi connectivity index (χ2n) is 5.31. The van der Waals surface area contributed by atoms with Crippen LogP contribution in [0.1, 0.15) is 25.1 Å². The zero-order chi connectivity index (χ0) is 20.1. The van der Waals surface area contributed by atoms with Gasteiger partial charge in [0, 0.05) is 45.5 Å². The fourth-order valence-corrected chi connectivity index (χ4v) is 3.02. The van der Waals surface area contributed by atoms with Gasteiger partial charge >= 0.3 is 0 Å². The van der Waals surface area contributed by atoms with Gasteiger partial charge in [-0.1, -0.05) is 61.3 Å². The Morgan fingerprint density at radius 1 is 1.04 bits per heavy atom. The third-order valence-corrected chi connectivity index (χ3v) is 4.10. The zero-order valence-corrected chi connectivity index (χ0v) is 17.4. The maximum Gasteiger partial charge on any atom is 0.0493 e. The van der Waals surface area contributed by atoms with Gasteiger partial charge in [-0.3, -0.25) is 5.43 Å². The van der Waals surface area contributed by atoms with E-state index in [-0.39, 0.29) is 0 Å². The van der Waals surface area contributed by atoms with Gasteiger partial charge in [0.25, 0.3) is 0 Å². The third-order valence-electron chi connectivity index (χ3n) is 3.63. The largest absolute Gasteiger partial charge is 0.357 e. The number of hydrogen-bond donors (Lipinski definition) is 3. The van der Waals surface area contributed by atoms with Gasteiger partial charge in [-0.25, -0.2) is 0 Å². The SMILES string of the molecule is CC.CNN=O.Clc1cccc(Cl)c1.c1ccc2c3c([nH]c2c1)CNCC3. The molecule has 3 N–H and O–H groups in total. The summed E-state index contributed by atoms with van der Waals surface area (Å²) in [5, 5.41) is 8.37. The molecule has 0 fully saturated rings. The van der Waals surface area contributed by atoms with Crippen molar-refractivity contribution in [3.8, 4) is 0 Å². The van der Waals surface area contributed by atoms with Crippen molar-refractivity contribution in [1.29, 1.82) is 0 Å². The van der Waals surface area contributed by atoms with Gasteiger partial charge in [0.05, 0.1) is 0 Å². The molecule has 0 saturated heterocycles. The van der Waals surface area contributed by atoms with Gasteiger partial charge < -0.3 is 10.3 Å². The fourth-order valence-electron chi connectivity index (χ4n) is 2.58. The summed E-state index contributed by atoms with van der Waals surface area (Å²) in [7, 11) is 1.45. The van der Waals surface area contributed by atoms with E-state index in [2.05, 4.69) is 39.9 Å². The molecule has 0 atom stereocenters. The molecule has 7 heteroatoms. The molecule has 4 rings (SSSR count). The van der Waals surface area contributed by atoms with Crippen LogP contribution in [0.4, 0.5) is 0 Å². The summed E-state index contributed by atoms with van der Waals surface area (Å²) in [6.45, 7) is 6.10. The van der Waals surface area contributed by atoms with E-state index in [1.54, 1.807) is 18.2 Å². The number of nitroso groups, excluding NO2 is 1. The number of benzene rings is 2. The van der Waals surface area contributed by atoms with Crippen LogP contribution in [0.3, 0.4) is 0 Å². The molecule has 0 unspecified atom stereocenters. The summed E-state index contributed by atoms with van der Waals surface area (Å²) in [5.74, 6) is 0. The van der Waals surface area contributed by atoms with E-state index in [9.17, 15) is 0 Å². The molecule has 0 spiro atoms. The lowest BCUT2D eigenvalue weighted by atomic mass is 10.1. The van der Waals surface area contributed by atoms with Crippen molar-refractivity contribution in [2.24, 2.45) is 5.29 Å². The molecule has 5 nitrogen and oxygen atoms in total. The van der Waals surface area contributed by atoms with Gasteiger partial charge in [-0.05, 0) is 42.8 Å². The second-order valence-corrected chi connectivity index (χ2v) is 6.18. The number of H-pyrrole nitrogens is 1. The van der Waals surface area contributed by atoms with E-state index < -0.39 is 0 Å². The van der Waals surface area contributed by atoms with Gasteiger partial charge in [-0.2, -0.15) is 0 Å². The standard InChI is InChI=1S/C11H12N2.C6H4Cl2.C2H6.CH4N2O/c1-2-4-10-8(3-1)9-5-6-12-7-11(9)13-10;7-5-2-1-3-6(8)4-5;1-2;1-2-3-4/h1-4,12-13H,5-7H2;1-4H;1-2H3;1H3,(H,2,4). The number of para-hydroxylation sites is 1. The number of aromatic amines is 1. The lowest BCUT2D eigenvalue weighted by Crippen LogP contribution is -2.22. The molecule has 0 bridgehead atoms. The van der Waals surface area contributed by atoms with Crippen LogP contribution in [0.2, 0.25) is 10.0 Å². The first-order chi connectivity index (χ1) is 13.2. The molecule has 1 aliphatic rings. The maximum atomic E-state index is 8.81. The average Bonchev–Trinajstić information content (AvgIpc) is 3.09. The lowest BCUT2D eigenvalue weighted by Gasteiger charge is -2.12. The molecular formula is C20H26Cl2N4O. The molecule has 1 aliphatic heterocycles. The molecule has 0 amide bonds. The number of fused-ring (bicyclic) bond motifs is 3. The summed E-state index contributed by atoms with van der Waals surface area (Å²) in [6.07, 6.45) is 1.15. The third kappa shape index (κ3) is 7.59. The molecule has 1 aromatic heterocycles. The van der Waals surface area contributed by atoms with Crippen LogP contribution in [0, 0.1) is 4.91 Å². The van der Waals surface area contributed by atoms with E-state index in [4.69, 9.17) is 28.1 Å². The summed E-state index contributed by atoms with van der Waals surface area (Å²) in [5.41, 5.74) is 6.15. The van der Waals surface area contributed by atoms with Crippen LogP contribution in [-0.4, -0.2) is 18.6 Å². The Morgan fingerprint density at radius 2 is 1.67 bits per heavy atom. The second kappa shape index (κ2) is 13.1. The number of hydrogen-bond acceptors (Lipinski definition) is 3. The Balaban J connectivity index is 0.000000224. The molecule has 3 aromatic rings. The van der Waals surface area contributed by atoms with E-state index in [0.717, 1.165) is 19.5 Å². The highest BCUT2D eigenvalue weighted by Crippen LogP contribution is 2.24. The Morgan fingerprint density at radius 3 is 2.22 bits per heavy atom. The number of nitrogens with zero attached hydrogens (tertiary/aromatic N) is 1. The number of halogens is 2. The first-order valence-electron chi connectivity index (χ1n) is 8.85. The predicted octanol–water partition coefficient (Wildman–Crippen LogP) is 5.72. The molecule has 2 heterocycles. The van der Waals surface area contributed by atoms with Gasteiger partial charge in [0.1, 0.15) is 0 Å². The first kappa shape index (κ1) is 23.0. The van der Waals surface area contributed by atoms with Crippen molar-refractivity contribution in [3.05, 3.63) is 74.7 Å². The lowest BCUT2D eigenvalue weighted by molar-refractivity contribution is 0.637. The first-order valence-corrected chi connectivity index (χ1v) is 9.60. The number of rotatable bonds is 1. The highest BCUT2D eigenvalue weighted by molar-refractivity contribution is 6.34. The molecular weight excluding hydrogens is 383 g/mol. The van der Waals surface area contributed by atoms with Gasteiger partial charge in [0.2, 0.25) is 0 Å². The fraction of sp³-hybridized carbons (Fsp3) is 0.300. The molecule has 146 valence electrons. The Kier molecular flexibility index (Phi) is 11.2. The van der Waals surface area contributed by atoms with Crippen molar-refractivity contribution in [3.63, 3.8) is 0 Å². The Hall–Kier alpha value is -2.08. The monoisotopic (exact) mass is 408 g/mol. The van der Waals surface area contributed by atoms with Gasteiger partial charge in [-0.15, -0.1) is 4.91 Å². The smallest absolute Gasteiger partial charge is 0.0493 e. The summed E-state index contributed by atoms with van der Waals surface area (Å²) in [6, 6.07) is 15.6. The molecule has 2 aromatic carbocycles. The summed E-state index contributed by atoms with van der Waals surface area (Å²) < 4.78 is 0. The van der Waals surface area contributed by atoms with Crippen molar-refractivity contribution >= 4 is 34.1 Å². The molecule has 27 heavy (non-hydrogen) atoms. The van der Waals surface area contributed by atoms with Crippen molar-refractivity contribution in [2.45, 2.75) is 26.8 Å². The van der Waals surface area contributed by atoms with E-state index >= 15 is 0 Å². The highest BCUT2D eigenvalue weighted by atomic mass is 35.5. The average molecular weight is 409 g/mol. The van der Waals surface area contributed by atoms with E-state index in [0.29, 0.717) is 10.0 Å². The van der Waals surface area contributed by atoms with Crippen LogP contribution < -0.4 is 10.7 Å². The molecule has 0 saturated carbocycles. The van der Waals surface area contributed by atoms with Gasteiger partial charge in [0.15, 0.2) is 0 Å². The normalized spacial score (nSPS) is 11.4. The minimum Gasteiger partial charge on any atom is -0.357 e. The van der Waals surface area contributed by atoms with Crippen LogP contribution in [0.15, 0.2) is 53.8 Å². The highest BCUT2D eigenvalue weighted by Gasteiger charge is 2.13. The van der Waals surface area contributed by atoms with Crippen molar-refractivity contribution < 1.29 is 0 Å².